The van der Waals surface area contributed by atoms with Crippen LogP contribution in [0.1, 0.15) is 37.4 Å². The Morgan fingerprint density at radius 2 is 2.03 bits per heavy atom. The van der Waals surface area contributed by atoms with Gasteiger partial charge in [0.25, 0.3) is 0 Å². The van der Waals surface area contributed by atoms with Crippen LogP contribution < -0.4 is 15.2 Å². The number of aliphatic carboxylic acids is 1. The lowest BCUT2D eigenvalue weighted by molar-refractivity contribution is -0.134. The summed E-state index contributed by atoms with van der Waals surface area (Å²) < 4.78 is 32.4. The summed E-state index contributed by atoms with van der Waals surface area (Å²) in [5.74, 6) is -1.72. The number of benzene rings is 2. The molecule has 0 radical (unpaired) electrons. The van der Waals surface area contributed by atoms with Crippen molar-refractivity contribution in [3.05, 3.63) is 47.5 Å². The van der Waals surface area contributed by atoms with Gasteiger partial charge in [0.05, 0.1) is 11.8 Å². The molecule has 1 heterocycles. The van der Waals surface area contributed by atoms with E-state index in [1.54, 1.807) is 0 Å². The SMILES string of the molecule is CC(C)Oc1ccc(-c2nnc(-c3cccc4c3CCC4NS(=O)(=O)CC(=O)O)s2)cc1N. The van der Waals surface area contributed by atoms with Crippen molar-refractivity contribution in [2.75, 3.05) is 11.5 Å². The van der Waals surface area contributed by atoms with Gasteiger partial charge in [-0.15, -0.1) is 10.2 Å². The number of nitrogens with one attached hydrogen (secondary N) is 1. The molecule has 0 amide bonds. The molecule has 0 saturated heterocycles. The Morgan fingerprint density at radius 3 is 2.73 bits per heavy atom. The average Bonchev–Trinajstić information content (AvgIpc) is 3.36. The second kappa shape index (κ2) is 9.08. The zero-order valence-electron chi connectivity index (χ0n) is 18.1. The fourth-order valence-electron chi connectivity index (χ4n) is 3.89. The summed E-state index contributed by atoms with van der Waals surface area (Å²) in [6.45, 7) is 3.87. The van der Waals surface area contributed by atoms with E-state index < -0.39 is 27.8 Å². The van der Waals surface area contributed by atoms with Crippen molar-refractivity contribution in [3.8, 4) is 26.9 Å². The molecule has 2 aromatic carbocycles. The Bertz CT molecular complexity index is 1300. The highest BCUT2D eigenvalue weighted by atomic mass is 32.2. The zero-order chi connectivity index (χ0) is 23.8. The first-order chi connectivity index (χ1) is 15.6. The molecule has 0 aliphatic heterocycles. The first kappa shape index (κ1) is 23.1. The maximum absolute atomic E-state index is 12.1. The van der Waals surface area contributed by atoms with Crippen LogP contribution in [-0.2, 0) is 21.2 Å². The third-order valence-corrected chi connectivity index (χ3v) is 7.46. The normalized spacial score (nSPS) is 15.5. The largest absolute Gasteiger partial charge is 0.489 e. The topological polar surface area (TPSA) is 144 Å². The maximum Gasteiger partial charge on any atom is 0.320 e. The van der Waals surface area contributed by atoms with Crippen LogP contribution in [0.15, 0.2) is 36.4 Å². The summed E-state index contributed by atoms with van der Waals surface area (Å²) in [6, 6.07) is 10.7. The van der Waals surface area contributed by atoms with Crippen LogP contribution in [0.25, 0.3) is 21.1 Å². The molecule has 1 aromatic heterocycles. The standard InChI is InChI=1S/C22H24N4O5S2/c1-12(2)31-19-9-6-13(10-17(19)23)21-24-25-22(32-21)16-5-3-4-15-14(16)7-8-18(15)26-33(29,30)11-20(27)28/h3-6,9-10,12,18,26H,7-8,11,23H2,1-2H3,(H,27,28). The molecule has 1 aliphatic carbocycles. The molecule has 1 atom stereocenters. The molecule has 9 nitrogen and oxygen atoms in total. The van der Waals surface area contributed by atoms with Crippen LogP contribution in [0.5, 0.6) is 5.75 Å². The van der Waals surface area contributed by atoms with Gasteiger partial charge < -0.3 is 15.6 Å². The average molecular weight is 489 g/mol. The number of anilines is 1. The monoisotopic (exact) mass is 488 g/mol. The van der Waals surface area contributed by atoms with Crippen molar-refractivity contribution in [1.29, 1.82) is 0 Å². The number of fused-ring (bicyclic) bond motifs is 1. The molecule has 0 saturated carbocycles. The summed E-state index contributed by atoms with van der Waals surface area (Å²) in [6.07, 6.45) is 1.21. The quantitative estimate of drug-likeness (QED) is 0.410. The number of carboxylic acids is 1. The van der Waals surface area contributed by atoms with E-state index >= 15 is 0 Å². The van der Waals surface area contributed by atoms with Crippen LogP contribution in [0.4, 0.5) is 5.69 Å². The van der Waals surface area contributed by atoms with E-state index in [4.69, 9.17) is 15.6 Å². The van der Waals surface area contributed by atoms with E-state index in [1.807, 2.05) is 50.2 Å². The molecule has 0 bridgehead atoms. The molecule has 0 spiro atoms. The minimum absolute atomic E-state index is 0.0175. The summed E-state index contributed by atoms with van der Waals surface area (Å²) in [7, 11) is -3.93. The number of ether oxygens (including phenoxy) is 1. The van der Waals surface area contributed by atoms with Gasteiger partial charge >= 0.3 is 5.97 Å². The van der Waals surface area contributed by atoms with Crippen molar-refractivity contribution in [2.24, 2.45) is 0 Å². The van der Waals surface area contributed by atoms with E-state index in [1.165, 1.54) is 11.3 Å². The number of nitrogen functional groups attached to an aromatic ring is 1. The summed E-state index contributed by atoms with van der Waals surface area (Å²) in [5, 5.41) is 18.9. The molecular formula is C22H24N4O5S2. The van der Waals surface area contributed by atoms with E-state index in [0.29, 0.717) is 29.3 Å². The van der Waals surface area contributed by atoms with Gasteiger partial charge in [-0.05, 0) is 56.0 Å². The van der Waals surface area contributed by atoms with E-state index in [9.17, 15) is 13.2 Å². The van der Waals surface area contributed by atoms with Gasteiger partial charge in [-0.1, -0.05) is 29.5 Å². The third-order valence-electron chi connectivity index (χ3n) is 5.18. The number of hydrogen-bond donors (Lipinski definition) is 3. The first-order valence-corrected chi connectivity index (χ1v) is 12.8. The Kier molecular flexibility index (Phi) is 6.37. The lowest BCUT2D eigenvalue weighted by atomic mass is 10.0. The third kappa shape index (κ3) is 5.15. The number of carboxylic acid groups (broad SMARTS) is 1. The van der Waals surface area contributed by atoms with Crippen molar-refractivity contribution in [1.82, 2.24) is 14.9 Å². The molecule has 1 unspecified atom stereocenters. The Balaban J connectivity index is 1.60. The molecule has 3 aromatic rings. The van der Waals surface area contributed by atoms with E-state index in [-0.39, 0.29) is 6.10 Å². The number of hydrogen-bond acceptors (Lipinski definition) is 8. The minimum atomic E-state index is -3.93. The lowest BCUT2D eigenvalue weighted by Crippen LogP contribution is -2.32. The number of aromatic nitrogens is 2. The molecule has 1 aliphatic rings. The molecular weight excluding hydrogens is 464 g/mol. The molecule has 33 heavy (non-hydrogen) atoms. The van der Waals surface area contributed by atoms with Crippen LogP contribution in [-0.4, -0.2) is 41.5 Å². The van der Waals surface area contributed by atoms with Gasteiger partial charge in [0.2, 0.25) is 10.0 Å². The van der Waals surface area contributed by atoms with E-state index in [2.05, 4.69) is 14.9 Å². The Labute approximate surface area is 195 Å². The van der Waals surface area contributed by atoms with Crippen LogP contribution in [0.3, 0.4) is 0 Å². The Hall–Kier alpha value is -3.02. The predicted molar refractivity (Wildman–Crippen MR) is 127 cm³/mol. The second-order valence-electron chi connectivity index (χ2n) is 8.07. The van der Waals surface area contributed by atoms with Crippen molar-refractivity contribution in [2.45, 2.75) is 38.8 Å². The van der Waals surface area contributed by atoms with Gasteiger partial charge in [0, 0.05) is 17.2 Å². The summed E-state index contributed by atoms with van der Waals surface area (Å²) in [4.78, 5) is 10.8. The smallest absolute Gasteiger partial charge is 0.320 e. The Morgan fingerprint density at radius 1 is 1.27 bits per heavy atom. The van der Waals surface area contributed by atoms with Gasteiger partial charge in [-0.2, -0.15) is 0 Å². The number of carbonyl (C=O) groups is 1. The fourth-order valence-corrected chi connectivity index (χ4v) is 5.87. The van der Waals surface area contributed by atoms with Gasteiger partial charge in [0.1, 0.15) is 15.8 Å². The highest BCUT2D eigenvalue weighted by Crippen LogP contribution is 2.40. The molecule has 0 fully saturated rings. The van der Waals surface area contributed by atoms with Crippen molar-refractivity contribution >= 4 is 33.0 Å². The number of sulfonamides is 1. The van der Waals surface area contributed by atoms with Crippen LogP contribution in [0, 0.1) is 0 Å². The van der Waals surface area contributed by atoms with Gasteiger partial charge in [-0.25, -0.2) is 13.1 Å². The van der Waals surface area contributed by atoms with Crippen LogP contribution in [0.2, 0.25) is 0 Å². The molecule has 4 N–H and O–H groups in total. The van der Waals surface area contributed by atoms with E-state index in [0.717, 1.165) is 27.3 Å². The molecule has 4 rings (SSSR count). The van der Waals surface area contributed by atoms with Gasteiger partial charge in [0.15, 0.2) is 5.75 Å². The number of rotatable bonds is 8. The number of nitrogens with zero attached hydrogens (tertiary/aromatic N) is 2. The molecule has 11 heteroatoms. The lowest BCUT2D eigenvalue weighted by Gasteiger charge is -2.14. The maximum atomic E-state index is 12.1. The zero-order valence-corrected chi connectivity index (χ0v) is 19.7. The van der Waals surface area contributed by atoms with Gasteiger partial charge in [-0.3, -0.25) is 4.79 Å². The highest BCUT2D eigenvalue weighted by molar-refractivity contribution is 7.90. The fraction of sp³-hybridized carbons (Fsp3) is 0.318. The highest BCUT2D eigenvalue weighted by Gasteiger charge is 2.30. The predicted octanol–water partition coefficient (Wildman–Crippen LogP) is 3.23. The number of nitrogens with two attached hydrogens (primary N) is 1. The van der Waals surface area contributed by atoms with Crippen molar-refractivity contribution < 1.29 is 23.1 Å². The van der Waals surface area contributed by atoms with Crippen LogP contribution >= 0.6 is 11.3 Å². The van der Waals surface area contributed by atoms with Crippen molar-refractivity contribution in [3.63, 3.8) is 0 Å². The molecule has 174 valence electrons. The first-order valence-electron chi connectivity index (χ1n) is 10.4. The summed E-state index contributed by atoms with van der Waals surface area (Å²) in [5.41, 5.74) is 10.2. The summed E-state index contributed by atoms with van der Waals surface area (Å²) >= 11 is 1.42. The second-order valence-corrected chi connectivity index (χ2v) is 10.8. The minimum Gasteiger partial charge on any atom is -0.489 e.